The zero-order chi connectivity index (χ0) is 13.9. The van der Waals surface area contributed by atoms with E-state index in [1.165, 1.54) is 12.1 Å². The molecular formula is C12H14BrFN2OS. The summed E-state index contributed by atoms with van der Waals surface area (Å²) >= 11 is 7.92. The smallest absolute Gasteiger partial charge is 0.251 e. The zero-order valence-electron chi connectivity index (χ0n) is 10.0. The molecule has 3 N–H and O–H groups in total. The van der Waals surface area contributed by atoms with Crippen molar-refractivity contribution in [3.05, 3.63) is 34.1 Å². The lowest BCUT2D eigenvalue weighted by Crippen LogP contribution is -2.46. The molecule has 6 heteroatoms. The minimum Gasteiger partial charge on any atom is -0.392 e. The highest BCUT2D eigenvalue weighted by Gasteiger charge is 2.20. The first-order chi connectivity index (χ1) is 8.32. The Labute approximate surface area is 119 Å². The maximum absolute atomic E-state index is 13.3. The standard InChI is InChI=1S/C12H14BrFN2OS/c1-6(2)10(11(15)18)16-12(17)7-3-4-8(13)9(14)5-7/h3-6,10H,1-2H3,(H2,15,18)(H,16,17). The number of hydrogen-bond acceptors (Lipinski definition) is 2. The molecule has 0 aliphatic carbocycles. The first-order valence-electron chi connectivity index (χ1n) is 5.38. The second-order valence-electron chi connectivity index (χ2n) is 4.23. The molecule has 1 amide bonds. The summed E-state index contributed by atoms with van der Waals surface area (Å²) < 4.78 is 13.6. The minimum absolute atomic E-state index is 0.0757. The summed E-state index contributed by atoms with van der Waals surface area (Å²) in [5, 5.41) is 2.69. The summed E-state index contributed by atoms with van der Waals surface area (Å²) in [5.41, 5.74) is 5.79. The predicted molar refractivity (Wildman–Crippen MR) is 77.0 cm³/mol. The molecule has 1 atom stereocenters. The molecule has 0 saturated heterocycles. The molecule has 3 nitrogen and oxygen atoms in total. The summed E-state index contributed by atoms with van der Waals surface area (Å²) in [6.45, 7) is 3.79. The lowest BCUT2D eigenvalue weighted by molar-refractivity contribution is 0.0939. The van der Waals surface area contributed by atoms with Crippen LogP contribution in [0.4, 0.5) is 4.39 Å². The predicted octanol–water partition coefficient (Wildman–Crippen LogP) is 2.63. The van der Waals surface area contributed by atoms with E-state index in [0.717, 1.165) is 6.07 Å². The molecule has 0 spiro atoms. The van der Waals surface area contributed by atoms with Gasteiger partial charge >= 0.3 is 0 Å². The van der Waals surface area contributed by atoms with Crippen molar-refractivity contribution in [1.29, 1.82) is 0 Å². The Morgan fingerprint density at radius 1 is 1.50 bits per heavy atom. The lowest BCUT2D eigenvalue weighted by Gasteiger charge is -2.21. The molecule has 98 valence electrons. The highest BCUT2D eigenvalue weighted by Crippen LogP contribution is 2.16. The second-order valence-corrected chi connectivity index (χ2v) is 5.55. The van der Waals surface area contributed by atoms with E-state index in [1.807, 2.05) is 13.8 Å². The monoisotopic (exact) mass is 332 g/mol. The van der Waals surface area contributed by atoms with Gasteiger partial charge in [-0.3, -0.25) is 4.79 Å². The maximum Gasteiger partial charge on any atom is 0.251 e. The van der Waals surface area contributed by atoms with Crippen LogP contribution in [0.25, 0.3) is 0 Å². The summed E-state index contributed by atoms with van der Waals surface area (Å²) in [6, 6.07) is 3.77. The van der Waals surface area contributed by atoms with Crippen LogP contribution in [0.5, 0.6) is 0 Å². The average Bonchev–Trinajstić information content (AvgIpc) is 2.28. The van der Waals surface area contributed by atoms with Crippen molar-refractivity contribution in [3.63, 3.8) is 0 Å². The Bertz CT molecular complexity index is 479. The third-order valence-electron chi connectivity index (χ3n) is 2.44. The number of nitrogens with two attached hydrogens (primary N) is 1. The molecule has 1 aromatic carbocycles. The van der Waals surface area contributed by atoms with Crippen LogP contribution in [0.2, 0.25) is 0 Å². The Hall–Kier alpha value is -1.01. The highest BCUT2D eigenvalue weighted by molar-refractivity contribution is 9.10. The fourth-order valence-corrected chi connectivity index (χ4v) is 2.01. The van der Waals surface area contributed by atoms with E-state index in [4.69, 9.17) is 18.0 Å². The van der Waals surface area contributed by atoms with Gasteiger partial charge in [-0.05, 0) is 40.0 Å². The van der Waals surface area contributed by atoms with Gasteiger partial charge in [-0.2, -0.15) is 0 Å². The molecule has 0 saturated carbocycles. The van der Waals surface area contributed by atoms with Gasteiger partial charge in [0.25, 0.3) is 5.91 Å². The number of hydrogen-bond donors (Lipinski definition) is 2. The second kappa shape index (κ2) is 6.24. The fraction of sp³-hybridized carbons (Fsp3) is 0.333. The molecule has 0 aromatic heterocycles. The third kappa shape index (κ3) is 3.74. The van der Waals surface area contributed by atoms with Crippen molar-refractivity contribution in [2.24, 2.45) is 11.7 Å². The first kappa shape index (κ1) is 15.0. The number of thiocarbonyl (C=S) groups is 1. The van der Waals surface area contributed by atoms with Gasteiger partial charge in [0.2, 0.25) is 0 Å². The van der Waals surface area contributed by atoms with Crippen LogP contribution in [0.15, 0.2) is 22.7 Å². The maximum atomic E-state index is 13.3. The van der Waals surface area contributed by atoms with Crippen molar-refractivity contribution >= 4 is 39.0 Å². The van der Waals surface area contributed by atoms with E-state index in [0.29, 0.717) is 4.47 Å². The third-order valence-corrected chi connectivity index (χ3v) is 3.34. The molecule has 18 heavy (non-hydrogen) atoms. The van der Waals surface area contributed by atoms with Gasteiger partial charge in [-0.15, -0.1) is 0 Å². The van der Waals surface area contributed by atoms with Gasteiger partial charge < -0.3 is 11.1 Å². The highest BCUT2D eigenvalue weighted by atomic mass is 79.9. The van der Waals surface area contributed by atoms with Gasteiger partial charge in [0.15, 0.2) is 0 Å². The molecule has 1 unspecified atom stereocenters. The van der Waals surface area contributed by atoms with Gasteiger partial charge in [0.1, 0.15) is 5.82 Å². The van der Waals surface area contributed by atoms with Crippen molar-refractivity contribution in [3.8, 4) is 0 Å². The van der Waals surface area contributed by atoms with E-state index in [-0.39, 0.29) is 16.5 Å². The molecular weight excluding hydrogens is 319 g/mol. The molecule has 0 aliphatic rings. The topological polar surface area (TPSA) is 55.1 Å². The lowest BCUT2D eigenvalue weighted by atomic mass is 10.0. The normalized spacial score (nSPS) is 12.3. The molecule has 0 aliphatic heterocycles. The first-order valence-corrected chi connectivity index (χ1v) is 6.58. The molecule has 0 fully saturated rings. The minimum atomic E-state index is -0.487. The number of halogens is 2. The van der Waals surface area contributed by atoms with Gasteiger partial charge in [0, 0.05) is 5.56 Å². The van der Waals surface area contributed by atoms with E-state index in [1.54, 1.807) is 0 Å². The summed E-state index contributed by atoms with van der Waals surface area (Å²) in [6.07, 6.45) is 0. The quantitative estimate of drug-likeness (QED) is 0.833. The van der Waals surface area contributed by atoms with Crippen LogP contribution in [-0.4, -0.2) is 16.9 Å². The van der Waals surface area contributed by atoms with Crippen molar-refractivity contribution in [1.82, 2.24) is 5.32 Å². The SMILES string of the molecule is CC(C)C(NC(=O)c1ccc(Br)c(F)c1)C(N)=S. The molecule has 1 rings (SSSR count). The van der Waals surface area contributed by atoms with E-state index in [2.05, 4.69) is 21.2 Å². The summed E-state index contributed by atoms with van der Waals surface area (Å²) in [5.74, 6) is -0.807. The number of carbonyl (C=O) groups excluding carboxylic acids is 1. The van der Waals surface area contributed by atoms with E-state index >= 15 is 0 Å². The molecule has 0 bridgehead atoms. The number of rotatable bonds is 4. The van der Waals surface area contributed by atoms with Crippen LogP contribution in [0.3, 0.4) is 0 Å². The van der Waals surface area contributed by atoms with Crippen LogP contribution in [0.1, 0.15) is 24.2 Å². The number of amides is 1. The Morgan fingerprint density at radius 2 is 2.11 bits per heavy atom. The molecule has 1 aromatic rings. The summed E-state index contributed by atoms with van der Waals surface area (Å²) in [4.78, 5) is 12.1. The van der Waals surface area contributed by atoms with E-state index in [9.17, 15) is 9.18 Å². The van der Waals surface area contributed by atoms with Gasteiger partial charge in [-0.1, -0.05) is 26.1 Å². The Balaban J connectivity index is 2.87. The van der Waals surface area contributed by atoms with Crippen LogP contribution in [0, 0.1) is 11.7 Å². The Morgan fingerprint density at radius 3 is 2.56 bits per heavy atom. The van der Waals surface area contributed by atoms with Crippen molar-refractivity contribution in [2.45, 2.75) is 19.9 Å². The average molecular weight is 333 g/mol. The van der Waals surface area contributed by atoms with Gasteiger partial charge in [-0.25, -0.2) is 4.39 Å². The van der Waals surface area contributed by atoms with Crippen LogP contribution < -0.4 is 11.1 Å². The largest absolute Gasteiger partial charge is 0.392 e. The number of nitrogens with one attached hydrogen (secondary N) is 1. The van der Waals surface area contributed by atoms with Crippen LogP contribution >= 0.6 is 28.1 Å². The Kier molecular flexibility index (Phi) is 5.22. The molecule has 0 radical (unpaired) electrons. The van der Waals surface area contributed by atoms with Crippen molar-refractivity contribution in [2.75, 3.05) is 0 Å². The van der Waals surface area contributed by atoms with E-state index < -0.39 is 17.8 Å². The molecule has 0 heterocycles. The number of carbonyl (C=O) groups is 1. The zero-order valence-corrected chi connectivity index (χ0v) is 12.4. The van der Waals surface area contributed by atoms with Gasteiger partial charge in [0.05, 0.1) is 15.5 Å². The summed E-state index contributed by atoms with van der Waals surface area (Å²) in [7, 11) is 0. The van der Waals surface area contributed by atoms with Crippen molar-refractivity contribution < 1.29 is 9.18 Å². The fourth-order valence-electron chi connectivity index (χ4n) is 1.43. The number of benzene rings is 1. The van der Waals surface area contributed by atoms with Crippen LogP contribution in [-0.2, 0) is 0 Å².